The van der Waals surface area contributed by atoms with Crippen molar-refractivity contribution in [2.75, 3.05) is 0 Å². The topological polar surface area (TPSA) is 0 Å². The molecule has 0 unspecified atom stereocenters. The van der Waals surface area contributed by atoms with Gasteiger partial charge in [-0.3, -0.25) is 0 Å². The highest BCUT2D eigenvalue weighted by Crippen LogP contribution is 2.54. The van der Waals surface area contributed by atoms with Crippen LogP contribution in [0.5, 0.6) is 0 Å². The molecular formula is C112H74. The molecule has 0 atom stereocenters. The van der Waals surface area contributed by atoms with E-state index < -0.39 is 0 Å². The molecule has 0 heteroatoms. The summed E-state index contributed by atoms with van der Waals surface area (Å²) < 4.78 is 0. The highest BCUT2D eigenvalue weighted by atomic mass is 14.4. The van der Waals surface area contributed by atoms with Crippen LogP contribution in [0.25, 0.3) is 175 Å². The number of hydrogen-bond acceptors (Lipinski definition) is 0. The van der Waals surface area contributed by atoms with E-state index in [1.165, 1.54) is 259 Å². The van der Waals surface area contributed by atoms with Gasteiger partial charge in [-0.2, -0.15) is 0 Å². The Morgan fingerprint density at radius 1 is 0.161 bits per heavy atom. The van der Waals surface area contributed by atoms with Crippen molar-refractivity contribution < 1.29 is 0 Å². The van der Waals surface area contributed by atoms with Crippen LogP contribution < -0.4 is 0 Å². The van der Waals surface area contributed by atoms with Gasteiger partial charge in [-0.15, -0.1) is 0 Å². The van der Waals surface area contributed by atoms with Crippen molar-refractivity contribution >= 4 is 86.2 Å². The zero-order valence-electron chi connectivity index (χ0n) is 62.4. The molecule has 7 aliphatic carbocycles. The molecule has 0 saturated heterocycles. The third-order valence-corrected chi connectivity index (χ3v) is 26.4. The molecule has 0 aromatic heterocycles. The maximum Gasteiger partial charge on any atom is -0.000420 e. The average molecular weight is 1420 g/mol. The Morgan fingerprint density at radius 2 is 0.491 bits per heavy atom. The van der Waals surface area contributed by atoms with Crippen LogP contribution in [-0.2, 0) is 44.9 Å². The molecule has 0 aliphatic heterocycles. The second kappa shape index (κ2) is 24.7. The Hall–Kier alpha value is -13.5. The van der Waals surface area contributed by atoms with Gasteiger partial charge in [-0.05, 0) is 347 Å². The van der Waals surface area contributed by atoms with Gasteiger partial charge in [-0.25, -0.2) is 0 Å². The first-order valence-corrected chi connectivity index (χ1v) is 40.1. The minimum absolute atomic E-state index is 1.02. The Balaban J connectivity index is 0.0000000868. The van der Waals surface area contributed by atoms with Crippen LogP contribution in [0.1, 0.15) is 83.5 Å². The standard InChI is InChI=1S/3C28H18.C28H20/c1-4-10-23-17(6-1)12-20-16-26-21(15-25(20)23)13-19-8-5-11-24-22-9-3-2-7-18(22)14-27(26)28(19)24;1-3-9-20-17(6-1)14-25-22(20)12-13-23-26(25)16-19-8-5-11-24-21-10-4-2-7-18(21)15-27(23)28(19)24;1-2-8-20-17(7-1)13-18-15-26-19(14-25(18)20)16-27-23-11-4-3-9-21(23)22-10-5-6-12-24(22)28(26)27;1-18-20(19-9-3-2-4-10-19)15-16-25-26(18)17-27-23-13-6-5-11-21(23)22-12-7-8-14-24(22)28(25)27/h1-11,14-16H,12-13H2;1-13,15H,14,16H2;1-12,14-15H,13,16H2;2-16H,17H2,1H3. The van der Waals surface area contributed by atoms with Gasteiger partial charge in [0.15, 0.2) is 0 Å². The lowest BCUT2D eigenvalue weighted by atomic mass is 9.79. The van der Waals surface area contributed by atoms with E-state index in [4.69, 9.17) is 0 Å². The Bertz CT molecular complexity index is 7420. The molecular weight excluding hydrogens is 1350 g/mol. The Kier molecular flexibility index (Phi) is 14.0. The first-order chi connectivity index (χ1) is 55.5. The molecule has 0 radical (unpaired) electrons. The van der Waals surface area contributed by atoms with Crippen LogP contribution in [0.15, 0.2) is 346 Å². The van der Waals surface area contributed by atoms with E-state index in [-0.39, 0.29) is 0 Å². The van der Waals surface area contributed by atoms with Gasteiger partial charge in [0.25, 0.3) is 0 Å². The zero-order valence-corrected chi connectivity index (χ0v) is 62.4. The summed E-state index contributed by atoms with van der Waals surface area (Å²) in [5.41, 5.74) is 44.8. The second-order valence-electron chi connectivity index (χ2n) is 32.1. The quantitative estimate of drug-likeness (QED) is 0.144. The predicted molar refractivity (Wildman–Crippen MR) is 474 cm³/mol. The highest BCUT2D eigenvalue weighted by Gasteiger charge is 2.33. The third-order valence-electron chi connectivity index (χ3n) is 26.4. The summed E-state index contributed by atoms with van der Waals surface area (Å²) >= 11 is 0. The summed E-state index contributed by atoms with van der Waals surface area (Å²) in [6.07, 6.45) is 7.28. The monoisotopic (exact) mass is 1420 g/mol. The molecule has 112 heavy (non-hydrogen) atoms. The molecule has 27 rings (SSSR count). The largest absolute Gasteiger partial charge is 0.0622 e. The van der Waals surface area contributed by atoms with Gasteiger partial charge in [0.2, 0.25) is 0 Å². The molecule has 0 heterocycles. The lowest BCUT2D eigenvalue weighted by Gasteiger charge is -2.24. The Morgan fingerprint density at radius 3 is 1.04 bits per heavy atom. The molecule has 20 aromatic rings. The first-order valence-electron chi connectivity index (χ1n) is 40.1. The zero-order chi connectivity index (χ0) is 73.4. The smallest absolute Gasteiger partial charge is 0.000420 e. The van der Waals surface area contributed by atoms with Crippen molar-refractivity contribution in [3.63, 3.8) is 0 Å². The Labute approximate surface area is 651 Å². The highest BCUT2D eigenvalue weighted by molar-refractivity contribution is 6.21. The third kappa shape index (κ3) is 9.55. The molecule has 0 spiro atoms. The fourth-order valence-electron chi connectivity index (χ4n) is 21.5. The SMILES string of the molecule is Cc1c(-c2ccccc2)ccc2c1Cc1c-2c2ccccc2c2ccccc12.c1ccc2c(c1)Cc1c-2ccc2c1Cc1cccc3c1c-2cc1ccccc13.c1ccc2c(c1)Cc1cc3c(cc1-2)Cc1c-3c2ccccc2c2ccccc12.c1ccc2c(c1)Cc1cc3c(cc1-2)Cc1cccc2c1c-3cc1ccccc12. The normalized spacial score (nSPS) is 13.2. The van der Waals surface area contributed by atoms with Gasteiger partial charge >= 0.3 is 0 Å². The first kappa shape index (κ1) is 63.4. The number of benzene rings is 20. The molecule has 0 saturated carbocycles. The van der Waals surface area contributed by atoms with E-state index in [9.17, 15) is 0 Å². The molecule has 0 amide bonds. The number of hydrogen-bond donors (Lipinski definition) is 0. The van der Waals surface area contributed by atoms with Crippen molar-refractivity contribution in [2.45, 2.75) is 51.9 Å². The van der Waals surface area contributed by atoms with Gasteiger partial charge in [-0.1, -0.05) is 309 Å². The average Bonchev–Trinajstić information content (AvgIpc) is 0.772. The van der Waals surface area contributed by atoms with Gasteiger partial charge in [0.05, 0.1) is 0 Å². The van der Waals surface area contributed by atoms with Crippen molar-refractivity contribution in [1.29, 1.82) is 0 Å². The van der Waals surface area contributed by atoms with Crippen molar-refractivity contribution in [2.24, 2.45) is 0 Å². The molecule has 0 bridgehead atoms. The van der Waals surface area contributed by atoms with E-state index in [1.54, 1.807) is 0 Å². The van der Waals surface area contributed by atoms with E-state index >= 15 is 0 Å². The summed E-state index contributed by atoms with van der Waals surface area (Å²) in [5, 5.41) is 22.1. The number of fused-ring (bicyclic) bond motifs is 34. The van der Waals surface area contributed by atoms with Crippen molar-refractivity contribution in [3.05, 3.63) is 429 Å². The second-order valence-corrected chi connectivity index (χ2v) is 32.1. The van der Waals surface area contributed by atoms with Crippen LogP contribution >= 0.6 is 0 Å². The van der Waals surface area contributed by atoms with Crippen molar-refractivity contribution in [3.8, 4) is 89.0 Å². The minimum atomic E-state index is 1.02. The van der Waals surface area contributed by atoms with Crippen LogP contribution in [0.3, 0.4) is 0 Å². The van der Waals surface area contributed by atoms with Crippen LogP contribution in [0, 0.1) is 6.92 Å². The summed E-state index contributed by atoms with van der Waals surface area (Å²) in [5.74, 6) is 0. The van der Waals surface area contributed by atoms with Crippen LogP contribution in [0.2, 0.25) is 0 Å². The lowest BCUT2D eigenvalue weighted by molar-refractivity contribution is 1.12. The number of rotatable bonds is 1. The van der Waals surface area contributed by atoms with E-state index in [0.717, 1.165) is 44.9 Å². The molecule has 522 valence electrons. The predicted octanol–water partition coefficient (Wildman–Crippen LogP) is 28.9. The fourth-order valence-corrected chi connectivity index (χ4v) is 21.5. The van der Waals surface area contributed by atoms with Crippen molar-refractivity contribution in [1.82, 2.24) is 0 Å². The summed E-state index contributed by atoms with van der Waals surface area (Å²) in [6.45, 7) is 2.29. The van der Waals surface area contributed by atoms with E-state index in [2.05, 4.69) is 353 Å². The maximum atomic E-state index is 2.48. The summed E-state index contributed by atoms with van der Waals surface area (Å²) in [6, 6.07) is 128. The van der Waals surface area contributed by atoms with Gasteiger partial charge < -0.3 is 0 Å². The summed E-state index contributed by atoms with van der Waals surface area (Å²) in [7, 11) is 0. The molecule has 0 fully saturated rings. The fraction of sp³-hybridized carbons (Fsp3) is 0.0714. The summed E-state index contributed by atoms with van der Waals surface area (Å²) in [4.78, 5) is 0. The lowest BCUT2D eigenvalue weighted by Crippen LogP contribution is -2.05. The van der Waals surface area contributed by atoms with E-state index in [0.29, 0.717) is 0 Å². The minimum Gasteiger partial charge on any atom is -0.0622 e. The molecule has 0 nitrogen and oxygen atoms in total. The van der Waals surface area contributed by atoms with Gasteiger partial charge in [0.1, 0.15) is 0 Å². The molecule has 0 N–H and O–H groups in total. The van der Waals surface area contributed by atoms with Crippen LogP contribution in [-0.4, -0.2) is 0 Å². The molecule has 7 aliphatic rings. The van der Waals surface area contributed by atoms with E-state index in [1.807, 2.05) is 0 Å². The van der Waals surface area contributed by atoms with Gasteiger partial charge in [0, 0.05) is 0 Å². The maximum absolute atomic E-state index is 2.48. The van der Waals surface area contributed by atoms with Crippen LogP contribution in [0.4, 0.5) is 0 Å². The molecule has 20 aromatic carbocycles.